The minimum absolute atomic E-state index is 0.0423. The number of carbonyl (C=O) groups is 2. The average molecular weight is 777 g/mol. The molecule has 7 rings (SSSR count). The smallest absolute Gasteiger partial charge is 0.348 e. The summed E-state index contributed by atoms with van der Waals surface area (Å²) < 4.78 is 50.6. The third-order valence-corrected chi connectivity index (χ3v) is 11.1. The molecule has 1 unspecified atom stereocenters. The summed E-state index contributed by atoms with van der Waals surface area (Å²) >= 11 is 13.9. The van der Waals surface area contributed by atoms with Crippen LogP contribution in [0.5, 0.6) is 11.5 Å². The largest absolute Gasteiger partial charge is 0.619 e. The van der Waals surface area contributed by atoms with E-state index in [2.05, 4.69) is 10.2 Å². The van der Waals surface area contributed by atoms with Gasteiger partial charge in [0.15, 0.2) is 23.9 Å². The predicted octanol–water partition coefficient (Wildman–Crippen LogP) is 7.25. The highest BCUT2D eigenvalue weighted by atomic mass is 35.5. The normalized spacial score (nSPS) is 19.2. The van der Waals surface area contributed by atoms with Gasteiger partial charge >= 0.3 is 11.9 Å². The first kappa shape index (κ1) is 37.7. The van der Waals surface area contributed by atoms with Gasteiger partial charge in [-0.2, -0.15) is 4.73 Å². The number of alkyl halides is 2. The number of hydrogen-bond donors (Lipinski definition) is 1. The molecule has 276 valence electrons. The number of fused-ring (bicyclic) bond motifs is 3. The SMILES string of the molecule is COc1ccc([C@H](Cc2c(Cl)c[n+]([O-])cc2Cl)OC(=O)c2ccc(CNC(C(=O)O[C@H]3CN4CCC3CC4)c3cccc(C(F)F)c3)s2)cc1OC. The van der Waals surface area contributed by atoms with E-state index in [0.717, 1.165) is 37.3 Å². The Kier molecular flexibility index (Phi) is 12.2. The minimum Gasteiger partial charge on any atom is -0.619 e. The second-order valence-corrected chi connectivity index (χ2v) is 14.7. The average Bonchev–Trinajstić information content (AvgIpc) is 3.62. The molecular formula is C37H37Cl2F2N3O7S. The fraction of sp³-hybridized carbons (Fsp3) is 0.378. The van der Waals surface area contributed by atoms with Gasteiger partial charge in [0.1, 0.15) is 33.2 Å². The zero-order chi connectivity index (χ0) is 36.9. The highest BCUT2D eigenvalue weighted by Crippen LogP contribution is 2.36. The number of methoxy groups -OCH3 is 2. The number of aromatic nitrogens is 1. The molecule has 2 aromatic carbocycles. The van der Waals surface area contributed by atoms with Gasteiger partial charge in [-0.1, -0.05) is 47.5 Å². The van der Waals surface area contributed by atoms with Crippen molar-refractivity contribution in [1.82, 2.24) is 10.2 Å². The summed E-state index contributed by atoms with van der Waals surface area (Å²) in [6.45, 7) is 2.75. The third kappa shape index (κ3) is 8.78. The van der Waals surface area contributed by atoms with Crippen LogP contribution >= 0.6 is 34.5 Å². The number of nitrogens with zero attached hydrogens (tertiary/aromatic N) is 2. The van der Waals surface area contributed by atoms with Crippen molar-refractivity contribution in [1.29, 1.82) is 0 Å². The maximum atomic E-state index is 13.6. The lowest BCUT2D eigenvalue weighted by molar-refractivity contribution is -0.605. The molecule has 0 spiro atoms. The monoisotopic (exact) mass is 775 g/mol. The lowest BCUT2D eigenvalue weighted by Gasteiger charge is -2.44. The van der Waals surface area contributed by atoms with Crippen molar-refractivity contribution < 1.29 is 42.0 Å². The molecule has 3 aliphatic heterocycles. The summed E-state index contributed by atoms with van der Waals surface area (Å²) in [7, 11) is 2.99. The van der Waals surface area contributed by atoms with E-state index in [1.807, 2.05) is 0 Å². The molecule has 15 heteroatoms. The van der Waals surface area contributed by atoms with Crippen LogP contribution in [0, 0.1) is 11.1 Å². The number of nitrogens with one attached hydrogen (secondary N) is 1. The van der Waals surface area contributed by atoms with Gasteiger partial charge in [-0.15, -0.1) is 11.3 Å². The van der Waals surface area contributed by atoms with Crippen molar-refractivity contribution in [3.8, 4) is 11.5 Å². The van der Waals surface area contributed by atoms with Crippen molar-refractivity contribution in [2.75, 3.05) is 33.9 Å². The summed E-state index contributed by atoms with van der Waals surface area (Å²) in [6, 6.07) is 13.1. The number of piperidine rings is 3. The molecule has 0 aliphatic carbocycles. The summed E-state index contributed by atoms with van der Waals surface area (Å²) in [5, 5.41) is 15.3. The number of ether oxygens (including phenoxy) is 4. The van der Waals surface area contributed by atoms with E-state index in [0.29, 0.717) is 44.3 Å². The maximum absolute atomic E-state index is 13.6. The van der Waals surface area contributed by atoms with E-state index in [4.69, 9.17) is 42.1 Å². The Morgan fingerprint density at radius 1 is 0.981 bits per heavy atom. The van der Waals surface area contributed by atoms with Crippen LogP contribution in [0.3, 0.4) is 0 Å². The van der Waals surface area contributed by atoms with Gasteiger partial charge in [0.25, 0.3) is 6.43 Å². The highest BCUT2D eigenvalue weighted by molar-refractivity contribution is 7.13. The van der Waals surface area contributed by atoms with Crippen LogP contribution in [0.2, 0.25) is 10.0 Å². The molecule has 2 aromatic heterocycles. The van der Waals surface area contributed by atoms with E-state index >= 15 is 0 Å². The summed E-state index contributed by atoms with van der Waals surface area (Å²) in [5.41, 5.74) is 1.13. The zero-order valence-electron chi connectivity index (χ0n) is 28.4. The van der Waals surface area contributed by atoms with E-state index in [9.17, 15) is 23.6 Å². The standard InChI is InChI=1S/C37H37Cl2F2N3O7S/c1-48-29-8-6-22(15-31(29)49-2)30(16-26-27(38)18-44(47)19-28(26)39)50-36(45)33-9-7-25(52-33)17-42-34(23-4-3-5-24(14-23)35(40)41)37(46)51-32-20-43-12-10-21(32)11-13-43/h3-9,14-15,18-19,21,30,32,34-35,42H,10-13,16-17,20H2,1-2H3/t30-,32-,34?/m0/s1. The van der Waals surface area contributed by atoms with E-state index in [1.165, 1.54) is 44.8 Å². The molecule has 1 N–H and O–H groups in total. The summed E-state index contributed by atoms with van der Waals surface area (Å²) in [4.78, 5) is 30.5. The summed E-state index contributed by atoms with van der Waals surface area (Å²) in [5.74, 6) is -0.0239. The lowest BCUT2D eigenvalue weighted by Crippen LogP contribution is -2.52. The number of thiophene rings is 1. The Labute approximate surface area is 313 Å². The van der Waals surface area contributed by atoms with Gasteiger partial charge in [0.05, 0.1) is 14.2 Å². The van der Waals surface area contributed by atoms with Crippen LogP contribution in [-0.2, 0) is 27.2 Å². The van der Waals surface area contributed by atoms with Crippen molar-refractivity contribution in [3.63, 3.8) is 0 Å². The fourth-order valence-corrected chi connectivity index (χ4v) is 8.08. The Morgan fingerprint density at radius 3 is 2.35 bits per heavy atom. The molecule has 10 nitrogen and oxygen atoms in total. The molecule has 3 fully saturated rings. The quantitative estimate of drug-likeness (QED) is 0.0804. The topological polar surface area (TPSA) is 113 Å². The number of rotatable bonds is 14. The Hall–Kier alpha value is -4.01. The van der Waals surface area contributed by atoms with Crippen molar-refractivity contribution in [2.45, 2.75) is 50.5 Å². The number of halogens is 4. The number of pyridine rings is 1. The maximum Gasteiger partial charge on any atom is 0.348 e. The molecular weight excluding hydrogens is 739 g/mol. The number of hydrogen-bond acceptors (Lipinski definition) is 10. The summed E-state index contributed by atoms with van der Waals surface area (Å²) in [6.07, 6.45) is 0.400. The number of esters is 2. The van der Waals surface area contributed by atoms with Gasteiger partial charge in [-0.3, -0.25) is 10.2 Å². The molecule has 2 bridgehead atoms. The number of benzene rings is 2. The van der Waals surface area contributed by atoms with Crippen LogP contribution in [0.1, 0.15) is 68.2 Å². The van der Waals surface area contributed by atoms with Crippen LogP contribution in [0.15, 0.2) is 67.0 Å². The number of carbonyl (C=O) groups excluding carboxylic acids is 2. The predicted molar refractivity (Wildman–Crippen MR) is 191 cm³/mol. The molecule has 5 heterocycles. The van der Waals surface area contributed by atoms with Crippen LogP contribution < -0.4 is 19.5 Å². The highest BCUT2D eigenvalue weighted by Gasteiger charge is 2.38. The molecule has 0 amide bonds. The van der Waals surface area contributed by atoms with Crippen LogP contribution in [-0.4, -0.2) is 56.8 Å². The second kappa shape index (κ2) is 16.8. The molecule has 52 heavy (non-hydrogen) atoms. The molecule has 4 aromatic rings. The first-order valence-electron chi connectivity index (χ1n) is 16.7. The Bertz CT molecular complexity index is 1880. The van der Waals surface area contributed by atoms with E-state index < -0.39 is 30.5 Å². The van der Waals surface area contributed by atoms with Crippen LogP contribution in [0.4, 0.5) is 8.78 Å². The first-order chi connectivity index (χ1) is 25.0. The third-order valence-electron chi connectivity index (χ3n) is 9.41. The molecule has 3 atom stereocenters. The zero-order valence-corrected chi connectivity index (χ0v) is 30.7. The van der Waals surface area contributed by atoms with Gasteiger partial charge in [0, 0.05) is 35.5 Å². The molecule has 3 saturated heterocycles. The van der Waals surface area contributed by atoms with Crippen molar-refractivity contribution in [2.24, 2.45) is 5.92 Å². The van der Waals surface area contributed by atoms with Gasteiger partial charge in [-0.25, -0.2) is 18.4 Å². The minimum atomic E-state index is -2.70. The molecule has 0 radical (unpaired) electrons. The van der Waals surface area contributed by atoms with E-state index in [1.54, 1.807) is 36.4 Å². The fourth-order valence-electron chi connectivity index (χ4n) is 6.64. The van der Waals surface area contributed by atoms with Crippen molar-refractivity contribution >= 4 is 46.5 Å². The molecule has 0 saturated carbocycles. The Balaban J connectivity index is 1.20. The molecule has 3 aliphatic rings. The van der Waals surface area contributed by atoms with Gasteiger partial charge in [-0.05, 0) is 73.3 Å². The van der Waals surface area contributed by atoms with Gasteiger partial charge < -0.3 is 24.2 Å². The van der Waals surface area contributed by atoms with Crippen molar-refractivity contribution in [3.05, 3.63) is 114 Å². The van der Waals surface area contributed by atoms with Gasteiger partial charge in [0.2, 0.25) is 0 Å². The van der Waals surface area contributed by atoms with Crippen LogP contribution in [0.25, 0.3) is 0 Å². The Morgan fingerprint density at radius 2 is 1.69 bits per heavy atom. The second-order valence-electron chi connectivity index (χ2n) is 12.7. The lowest BCUT2D eigenvalue weighted by atomic mass is 9.86. The van der Waals surface area contributed by atoms with E-state index in [-0.39, 0.29) is 45.5 Å². The first-order valence-corrected chi connectivity index (χ1v) is 18.2.